The number of rotatable bonds is 5. The van der Waals surface area contributed by atoms with Crippen LogP contribution in [0.25, 0.3) is 0 Å². The maximum atomic E-state index is 5.81. The molecule has 0 aromatic heterocycles. The molecule has 0 fully saturated rings. The Morgan fingerprint density at radius 1 is 0.905 bits per heavy atom. The first-order valence-corrected chi connectivity index (χ1v) is 7.51. The molecular formula is C19H25NO. The van der Waals surface area contributed by atoms with Crippen LogP contribution in [0.4, 0.5) is 0 Å². The summed E-state index contributed by atoms with van der Waals surface area (Å²) in [6.45, 7) is 8.38. The van der Waals surface area contributed by atoms with Crippen LogP contribution in [0.15, 0.2) is 42.5 Å². The number of aryl methyl sites for hydroxylation is 2. The third-order valence-electron chi connectivity index (χ3n) is 3.43. The van der Waals surface area contributed by atoms with Gasteiger partial charge in [-0.15, -0.1) is 0 Å². The molecule has 0 aliphatic rings. The van der Waals surface area contributed by atoms with Crippen molar-refractivity contribution >= 4 is 0 Å². The lowest BCUT2D eigenvalue weighted by atomic mass is 9.95. The van der Waals surface area contributed by atoms with Gasteiger partial charge in [-0.2, -0.15) is 0 Å². The Kier molecular flexibility index (Phi) is 5.03. The Morgan fingerprint density at radius 2 is 1.57 bits per heavy atom. The van der Waals surface area contributed by atoms with Crippen molar-refractivity contribution in [3.63, 3.8) is 0 Å². The van der Waals surface area contributed by atoms with Gasteiger partial charge in [0, 0.05) is 0 Å². The highest BCUT2D eigenvalue weighted by Crippen LogP contribution is 2.26. The van der Waals surface area contributed by atoms with Crippen molar-refractivity contribution in [3.8, 4) is 5.75 Å². The topological polar surface area (TPSA) is 21.3 Å². The van der Waals surface area contributed by atoms with Gasteiger partial charge in [-0.05, 0) is 58.0 Å². The molecule has 112 valence electrons. The molecule has 0 aliphatic heterocycles. The summed E-state index contributed by atoms with van der Waals surface area (Å²) in [5, 5.41) is 3.41. The van der Waals surface area contributed by atoms with Gasteiger partial charge in [0.1, 0.15) is 5.75 Å². The van der Waals surface area contributed by atoms with Crippen LogP contribution in [0.3, 0.4) is 0 Å². The molecule has 21 heavy (non-hydrogen) atoms. The van der Waals surface area contributed by atoms with E-state index in [-0.39, 0.29) is 12.1 Å². The van der Waals surface area contributed by atoms with Gasteiger partial charge in [-0.3, -0.25) is 0 Å². The maximum Gasteiger partial charge on any atom is 0.120 e. The number of hydrogen-bond donors (Lipinski definition) is 1. The third-order valence-corrected chi connectivity index (χ3v) is 3.43. The Labute approximate surface area is 128 Å². The van der Waals surface area contributed by atoms with Crippen LogP contribution in [0.1, 0.15) is 42.1 Å². The van der Waals surface area contributed by atoms with E-state index >= 15 is 0 Å². The van der Waals surface area contributed by atoms with E-state index in [4.69, 9.17) is 4.74 Å². The molecular weight excluding hydrogens is 258 g/mol. The summed E-state index contributed by atoms with van der Waals surface area (Å²) in [6.07, 6.45) is 0.189. The monoisotopic (exact) mass is 283 g/mol. The van der Waals surface area contributed by atoms with Crippen molar-refractivity contribution in [1.29, 1.82) is 0 Å². The Morgan fingerprint density at radius 3 is 2.14 bits per heavy atom. The second-order valence-corrected chi connectivity index (χ2v) is 5.88. The van der Waals surface area contributed by atoms with Gasteiger partial charge < -0.3 is 10.1 Å². The van der Waals surface area contributed by atoms with Crippen LogP contribution in [-0.4, -0.2) is 13.2 Å². The Balaban J connectivity index is 2.36. The van der Waals surface area contributed by atoms with E-state index in [0.29, 0.717) is 0 Å². The standard InChI is InChI=1S/C19H25NO/c1-13(2)21-18-8-6-7-16(12-18)19(20-5)17-10-14(3)9-15(4)11-17/h6-13,19-20H,1-5H3. The van der Waals surface area contributed by atoms with E-state index < -0.39 is 0 Å². The second kappa shape index (κ2) is 6.77. The highest BCUT2D eigenvalue weighted by molar-refractivity contribution is 5.39. The highest BCUT2D eigenvalue weighted by atomic mass is 16.5. The van der Waals surface area contributed by atoms with Crippen molar-refractivity contribution in [1.82, 2.24) is 5.32 Å². The third kappa shape index (κ3) is 4.08. The molecule has 0 radical (unpaired) electrons. The van der Waals surface area contributed by atoms with E-state index in [1.54, 1.807) is 0 Å². The molecule has 0 saturated carbocycles. The largest absolute Gasteiger partial charge is 0.491 e. The van der Waals surface area contributed by atoms with Gasteiger partial charge in [-0.25, -0.2) is 0 Å². The van der Waals surface area contributed by atoms with Gasteiger partial charge in [0.15, 0.2) is 0 Å². The number of ether oxygens (including phenoxy) is 1. The molecule has 0 amide bonds. The first-order chi connectivity index (χ1) is 9.99. The van der Waals surface area contributed by atoms with Crippen LogP contribution in [0.5, 0.6) is 5.75 Å². The number of benzene rings is 2. The van der Waals surface area contributed by atoms with Crippen molar-refractivity contribution in [3.05, 3.63) is 64.7 Å². The molecule has 1 atom stereocenters. The molecule has 2 nitrogen and oxygen atoms in total. The van der Waals surface area contributed by atoms with E-state index in [1.807, 2.05) is 27.0 Å². The molecule has 0 bridgehead atoms. The summed E-state index contributed by atoms with van der Waals surface area (Å²) in [6, 6.07) is 15.2. The molecule has 1 unspecified atom stereocenters. The zero-order chi connectivity index (χ0) is 15.4. The normalized spacial score (nSPS) is 12.5. The smallest absolute Gasteiger partial charge is 0.120 e. The minimum Gasteiger partial charge on any atom is -0.491 e. The van der Waals surface area contributed by atoms with Crippen molar-refractivity contribution in [2.45, 2.75) is 39.8 Å². The van der Waals surface area contributed by atoms with E-state index in [9.17, 15) is 0 Å². The summed E-state index contributed by atoms with van der Waals surface area (Å²) < 4.78 is 5.81. The molecule has 0 aliphatic carbocycles. The summed E-state index contributed by atoms with van der Waals surface area (Å²) >= 11 is 0. The van der Waals surface area contributed by atoms with Crippen LogP contribution in [0, 0.1) is 13.8 Å². The predicted octanol–water partition coefficient (Wildman–Crippen LogP) is 4.40. The Bertz CT molecular complexity index is 584. The van der Waals surface area contributed by atoms with Gasteiger partial charge in [0.2, 0.25) is 0 Å². The summed E-state index contributed by atoms with van der Waals surface area (Å²) in [5.41, 5.74) is 5.09. The molecule has 0 spiro atoms. The number of hydrogen-bond acceptors (Lipinski definition) is 2. The quantitative estimate of drug-likeness (QED) is 0.878. The van der Waals surface area contributed by atoms with Crippen molar-refractivity contribution in [2.24, 2.45) is 0 Å². The van der Waals surface area contributed by atoms with Crippen molar-refractivity contribution in [2.75, 3.05) is 7.05 Å². The molecule has 2 rings (SSSR count). The number of nitrogens with one attached hydrogen (secondary N) is 1. The predicted molar refractivity (Wildman–Crippen MR) is 89.0 cm³/mol. The first-order valence-electron chi connectivity index (χ1n) is 7.51. The molecule has 0 saturated heterocycles. The fourth-order valence-corrected chi connectivity index (χ4v) is 2.74. The van der Waals surface area contributed by atoms with Crippen LogP contribution in [-0.2, 0) is 0 Å². The zero-order valence-electron chi connectivity index (χ0n) is 13.6. The molecule has 2 aromatic rings. The van der Waals surface area contributed by atoms with Gasteiger partial charge in [-0.1, -0.05) is 41.5 Å². The zero-order valence-corrected chi connectivity index (χ0v) is 13.6. The SMILES string of the molecule is CNC(c1cc(C)cc(C)c1)c1cccc(OC(C)C)c1. The second-order valence-electron chi connectivity index (χ2n) is 5.88. The van der Waals surface area contributed by atoms with Gasteiger partial charge in [0.05, 0.1) is 12.1 Å². The highest BCUT2D eigenvalue weighted by Gasteiger charge is 2.13. The summed E-state index contributed by atoms with van der Waals surface area (Å²) in [5.74, 6) is 0.923. The van der Waals surface area contributed by atoms with Crippen LogP contribution < -0.4 is 10.1 Å². The summed E-state index contributed by atoms with van der Waals surface area (Å²) in [7, 11) is 2.00. The summed E-state index contributed by atoms with van der Waals surface area (Å²) in [4.78, 5) is 0. The molecule has 2 aromatic carbocycles. The molecule has 2 heteroatoms. The Hall–Kier alpha value is -1.80. The first kappa shape index (κ1) is 15.6. The average Bonchev–Trinajstić information content (AvgIpc) is 2.38. The average molecular weight is 283 g/mol. The lowest BCUT2D eigenvalue weighted by molar-refractivity contribution is 0.242. The van der Waals surface area contributed by atoms with Crippen LogP contribution in [0.2, 0.25) is 0 Å². The van der Waals surface area contributed by atoms with E-state index in [2.05, 4.69) is 55.6 Å². The lowest BCUT2D eigenvalue weighted by Crippen LogP contribution is -2.18. The maximum absolute atomic E-state index is 5.81. The van der Waals surface area contributed by atoms with Crippen molar-refractivity contribution < 1.29 is 4.74 Å². The minimum absolute atomic E-state index is 0.180. The van der Waals surface area contributed by atoms with E-state index in [1.165, 1.54) is 22.3 Å². The van der Waals surface area contributed by atoms with Crippen LogP contribution >= 0.6 is 0 Å². The fourth-order valence-electron chi connectivity index (χ4n) is 2.74. The van der Waals surface area contributed by atoms with E-state index in [0.717, 1.165) is 5.75 Å². The van der Waals surface area contributed by atoms with Gasteiger partial charge >= 0.3 is 0 Å². The minimum atomic E-state index is 0.180. The lowest BCUT2D eigenvalue weighted by Gasteiger charge is -2.20. The molecule has 0 heterocycles. The fraction of sp³-hybridized carbons (Fsp3) is 0.368. The molecule has 1 N–H and O–H groups in total. The van der Waals surface area contributed by atoms with Gasteiger partial charge in [0.25, 0.3) is 0 Å².